The van der Waals surface area contributed by atoms with Crippen molar-refractivity contribution in [2.75, 3.05) is 6.61 Å². The first-order valence-corrected chi connectivity index (χ1v) is 10.6. The summed E-state index contributed by atoms with van der Waals surface area (Å²) in [4.78, 5) is 0. The second-order valence-corrected chi connectivity index (χ2v) is 8.90. The predicted molar refractivity (Wildman–Crippen MR) is 114 cm³/mol. The first kappa shape index (κ1) is 29.7. The van der Waals surface area contributed by atoms with E-state index in [9.17, 15) is 57.0 Å². The standard InChI is InChI=1S/C24H26F6O6/c1-11(2)7-23(35,8-12-3-14(25)5-16(27)19(12)29)22(34)24(36,21(33)18(32)10-31)9-13-4-15(26)6-17(28)20(13)30/h3-6,18,21-22,31-36H,1,7-10H2,2H3/t18-,21+,22+,23?,24+/m0/s1. The fraction of sp³-hybridized carbons (Fsp3) is 0.417. The predicted octanol–water partition coefficient (Wildman–Crippen LogP) is 1.81. The molecule has 0 spiro atoms. The van der Waals surface area contributed by atoms with E-state index in [0.717, 1.165) is 0 Å². The minimum atomic E-state index is -3.27. The van der Waals surface area contributed by atoms with E-state index < -0.39 is 101 Å². The third kappa shape index (κ3) is 6.25. The highest BCUT2D eigenvalue weighted by Crippen LogP contribution is 2.37. The first-order chi connectivity index (χ1) is 16.6. The zero-order valence-electron chi connectivity index (χ0n) is 19.0. The molecule has 0 aliphatic rings. The summed E-state index contributed by atoms with van der Waals surface area (Å²) in [6.07, 6.45) is -10.7. The van der Waals surface area contributed by atoms with Crippen molar-refractivity contribution in [3.63, 3.8) is 0 Å². The molecule has 0 saturated carbocycles. The van der Waals surface area contributed by atoms with Gasteiger partial charge in [0, 0.05) is 25.0 Å². The van der Waals surface area contributed by atoms with Gasteiger partial charge in [-0.15, -0.1) is 6.58 Å². The van der Waals surface area contributed by atoms with Gasteiger partial charge in [0.05, 0.1) is 6.61 Å². The number of benzene rings is 2. The summed E-state index contributed by atoms with van der Waals surface area (Å²) in [5.74, 6) is -9.21. The van der Waals surface area contributed by atoms with Gasteiger partial charge in [-0.2, -0.15) is 0 Å². The van der Waals surface area contributed by atoms with Crippen molar-refractivity contribution >= 4 is 0 Å². The SMILES string of the molecule is C=C(C)CC(O)(Cc1cc(F)cc(F)c1F)[C@@H](O)[C@@](O)(Cc1cc(F)cc(F)c1F)[C@H](O)[C@@H](O)CO. The van der Waals surface area contributed by atoms with Gasteiger partial charge in [-0.25, -0.2) is 26.3 Å². The number of rotatable bonds is 11. The molecule has 6 N–H and O–H groups in total. The second-order valence-electron chi connectivity index (χ2n) is 8.90. The molecule has 2 aromatic carbocycles. The molecule has 0 amide bonds. The summed E-state index contributed by atoms with van der Waals surface area (Å²) in [7, 11) is 0. The molecule has 0 fully saturated rings. The number of hydrogen-bond acceptors (Lipinski definition) is 6. The van der Waals surface area contributed by atoms with Gasteiger partial charge >= 0.3 is 0 Å². The lowest BCUT2D eigenvalue weighted by atomic mass is 9.71. The van der Waals surface area contributed by atoms with Crippen LogP contribution in [0.25, 0.3) is 0 Å². The van der Waals surface area contributed by atoms with E-state index in [1.807, 2.05) is 0 Å². The highest BCUT2D eigenvalue weighted by atomic mass is 19.2. The van der Waals surface area contributed by atoms with Crippen LogP contribution >= 0.6 is 0 Å². The van der Waals surface area contributed by atoms with Crippen LogP contribution in [0.4, 0.5) is 26.3 Å². The molecular formula is C24H26F6O6. The Kier molecular flexibility index (Phi) is 9.32. The van der Waals surface area contributed by atoms with Crippen LogP contribution in [0, 0.1) is 34.9 Å². The Morgan fingerprint density at radius 1 is 0.833 bits per heavy atom. The van der Waals surface area contributed by atoms with E-state index >= 15 is 0 Å². The number of halogens is 6. The molecule has 0 aromatic heterocycles. The Morgan fingerprint density at radius 2 is 1.28 bits per heavy atom. The average molecular weight is 524 g/mol. The third-order valence-electron chi connectivity index (χ3n) is 5.76. The molecule has 0 aliphatic carbocycles. The highest BCUT2D eigenvalue weighted by molar-refractivity contribution is 5.27. The van der Waals surface area contributed by atoms with Crippen LogP contribution in [0.15, 0.2) is 36.4 Å². The zero-order valence-corrected chi connectivity index (χ0v) is 19.0. The lowest BCUT2D eigenvalue weighted by Gasteiger charge is -2.46. The largest absolute Gasteiger partial charge is 0.394 e. The smallest absolute Gasteiger partial charge is 0.162 e. The van der Waals surface area contributed by atoms with Crippen molar-refractivity contribution in [2.24, 2.45) is 0 Å². The Hall–Kier alpha value is -2.48. The second kappa shape index (κ2) is 11.3. The van der Waals surface area contributed by atoms with Gasteiger partial charge in [0.2, 0.25) is 0 Å². The molecule has 0 aliphatic heterocycles. The maximum Gasteiger partial charge on any atom is 0.162 e. The van der Waals surface area contributed by atoms with Gasteiger partial charge in [0.15, 0.2) is 23.3 Å². The highest BCUT2D eigenvalue weighted by Gasteiger charge is 2.55. The molecule has 36 heavy (non-hydrogen) atoms. The van der Waals surface area contributed by atoms with Crippen molar-refractivity contribution in [1.29, 1.82) is 0 Å². The van der Waals surface area contributed by atoms with Gasteiger partial charge in [0.25, 0.3) is 0 Å². The van der Waals surface area contributed by atoms with E-state index in [-0.39, 0.29) is 17.7 Å². The lowest BCUT2D eigenvalue weighted by Crippen LogP contribution is -2.66. The normalized spacial score (nSPS) is 17.7. The van der Waals surface area contributed by atoms with Crippen molar-refractivity contribution in [1.82, 2.24) is 0 Å². The van der Waals surface area contributed by atoms with Gasteiger partial charge in [0.1, 0.15) is 41.1 Å². The van der Waals surface area contributed by atoms with E-state index in [2.05, 4.69) is 6.58 Å². The fourth-order valence-corrected chi connectivity index (χ4v) is 4.15. The summed E-state index contributed by atoms with van der Waals surface area (Å²) in [6, 6.07) is 1.29. The molecule has 0 saturated heterocycles. The van der Waals surface area contributed by atoms with Crippen molar-refractivity contribution in [3.05, 3.63) is 82.4 Å². The zero-order chi connectivity index (χ0) is 27.6. The van der Waals surface area contributed by atoms with Crippen LogP contribution in [-0.4, -0.2) is 66.8 Å². The first-order valence-electron chi connectivity index (χ1n) is 10.6. The van der Waals surface area contributed by atoms with Crippen LogP contribution in [0.3, 0.4) is 0 Å². The Bertz CT molecular complexity index is 1110. The van der Waals surface area contributed by atoms with Gasteiger partial charge < -0.3 is 30.6 Å². The summed E-state index contributed by atoms with van der Waals surface area (Å²) < 4.78 is 83.8. The van der Waals surface area contributed by atoms with E-state index in [0.29, 0.717) is 12.1 Å². The quantitative estimate of drug-likeness (QED) is 0.152. The molecule has 0 bridgehead atoms. The molecule has 2 rings (SSSR count). The number of aliphatic hydroxyl groups is 6. The molecule has 5 atom stereocenters. The molecule has 2 aromatic rings. The fourth-order valence-electron chi connectivity index (χ4n) is 4.15. The summed E-state index contributed by atoms with van der Waals surface area (Å²) in [6.45, 7) is 3.61. The monoisotopic (exact) mass is 524 g/mol. The Balaban J connectivity index is 2.69. The van der Waals surface area contributed by atoms with Crippen molar-refractivity contribution in [3.8, 4) is 0 Å². The summed E-state index contributed by atoms with van der Waals surface area (Å²) in [5, 5.41) is 63.5. The van der Waals surface area contributed by atoms with E-state index in [1.165, 1.54) is 6.92 Å². The summed E-state index contributed by atoms with van der Waals surface area (Å²) >= 11 is 0. The summed E-state index contributed by atoms with van der Waals surface area (Å²) in [5.41, 5.74) is -7.75. The minimum Gasteiger partial charge on any atom is -0.394 e. The van der Waals surface area contributed by atoms with Crippen molar-refractivity contribution < 1.29 is 57.0 Å². The molecule has 6 nitrogen and oxygen atoms in total. The molecule has 0 radical (unpaired) electrons. The van der Waals surface area contributed by atoms with Gasteiger partial charge in [-0.05, 0) is 36.6 Å². The maximum atomic E-state index is 14.4. The molecule has 12 heteroatoms. The van der Waals surface area contributed by atoms with Crippen LogP contribution in [0.1, 0.15) is 24.5 Å². The number of hydrogen-bond donors (Lipinski definition) is 6. The van der Waals surface area contributed by atoms with Crippen LogP contribution in [-0.2, 0) is 12.8 Å². The van der Waals surface area contributed by atoms with Crippen molar-refractivity contribution in [2.45, 2.75) is 55.7 Å². The maximum absolute atomic E-state index is 14.4. The topological polar surface area (TPSA) is 121 Å². The molecule has 200 valence electrons. The van der Waals surface area contributed by atoms with Crippen LogP contribution in [0.5, 0.6) is 0 Å². The van der Waals surface area contributed by atoms with E-state index in [1.54, 1.807) is 0 Å². The third-order valence-corrected chi connectivity index (χ3v) is 5.76. The van der Waals surface area contributed by atoms with Crippen LogP contribution < -0.4 is 0 Å². The average Bonchev–Trinajstić information content (AvgIpc) is 2.78. The Morgan fingerprint density at radius 3 is 1.69 bits per heavy atom. The molecule has 0 heterocycles. The van der Waals surface area contributed by atoms with Gasteiger partial charge in [-0.1, -0.05) is 5.57 Å². The lowest BCUT2D eigenvalue weighted by molar-refractivity contribution is -0.228. The van der Waals surface area contributed by atoms with Crippen LogP contribution in [0.2, 0.25) is 0 Å². The minimum absolute atomic E-state index is 0.0800. The number of aliphatic hydroxyl groups excluding tert-OH is 4. The molecular weight excluding hydrogens is 498 g/mol. The molecule has 1 unspecified atom stereocenters. The van der Waals surface area contributed by atoms with Gasteiger partial charge in [-0.3, -0.25) is 0 Å². The Labute approximate surface area is 202 Å². The van der Waals surface area contributed by atoms with E-state index in [4.69, 9.17) is 0 Å².